The highest BCUT2D eigenvalue weighted by Gasteiger charge is 2.24. The lowest BCUT2D eigenvalue weighted by Gasteiger charge is -2.04. The minimum absolute atomic E-state index is 0.0308. The molecule has 0 amide bonds. The highest BCUT2D eigenvalue weighted by atomic mass is 16.6. The van der Waals surface area contributed by atoms with Gasteiger partial charge in [0, 0.05) is 12.0 Å². The summed E-state index contributed by atoms with van der Waals surface area (Å²) in [4.78, 5) is 15.6. The van der Waals surface area contributed by atoms with E-state index in [1.165, 1.54) is 0 Å². The monoisotopic (exact) mass is 235 g/mol. The minimum atomic E-state index is -0.878. The molecule has 17 heavy (non-hydrogen) atoms. The maximum atomic E-state index is 10.5. The van der Waals surface area contributed by atoms with Crippen LogP contribution in [0.4, 0.5) is 0 Å². The number of ether oxygens (including phenoxy) is 1. The van der Waals surface area contributed by atoms with Crippen LogP contribution in [0.3, 0.4) is 0 Å². The molecule has 0 saturated heterocycles. The Kier molecular flexibility index (Phi) is 3.27. The number of methoxy groups -OCH3 is 1. The van der Waals surface area contributed by atoms with E-state index < -0.39 is 5.97 Å². The third-order valence-electron chi connectivity index (χ3n) is 2.54. The highest BCUT2D eigenvalue weighted by Crippen LogP contribution is 2.21. The lowest BCUT2D eigenvalue weighted by atomic mass is 10.0. The minimum Gasteiger partial charge on any atom is -0.497 e. The van der Waals surface area contributed by atoms with Gasteiger partial charge in [-0.25, -0.2) is 0 Å². The van der Waals surface area contributed by atoms with Crippen LogP contribution >= 0.6 is 0 Å². The molecule has 1 aliphatic heterocycles. The SMILES string of the molecule is COc1cccc(C2=NOC(CC(=O)O)C2)c1. The number of carboxylic acids is 1. The molecule has 0 radical (unpaired) electrons. The average Bonchev–Trinajstić information content (AvgIpc) is 2.77. The van der Waals surface area contributed by atoms with Crippen molar-refractivity contribution in [3.05, 3.63) is 29.8 Å². The molecule has 1 atom stereocenters. The smallest absolute Gasteiger partial charge is 0.307 e. The summed E-state index contributed by atoms with van der Waals surface area (Å²) in [5.74, 6) is -0.135. The maximum absolute atomic E-state index is 10.5. The topological polar surface area (TPSA) is 68.1 Å². The van der Waals surface area contributed by atoms with Crippen LogP contribution in [0.1, 0.15) is 18.4 Å². The van der Waals surface area contributed by atoms with E-state index >= 15 is 0 Å². The van der Waals surface area contributed by atoms with Gasteiger partial charge in [0.2, 0.25) is 0 Å². The van der Waals surface area contributed by atoms with Crippen molar-refractivity contribution in [3.8, 4) is 5.75 Å². The van der Waals surface area contributed by atoms with Crippen molar-refractivity contribution in [1.29, 1.82) is 0 Å². The molecular formula is C12H13NO4. The second kappa shape index (κ2) is 4.86. The van der Waals surface area contributed by atoms with Crippen LogP contribution in [-0.2, 0) is 9.63 Å². The second-order valence-electron chi connectivity index (χ2n) is 3.80. The molecule has 5 heteroatoms. The Hall–Kier alpha value is -2.04. The van der Waals surface area contributed by atoms with Crippen LogP contribution < -0.4 is 4.74 Å². The predicted molar refractivity (Wildman–Crippen MR) is 61.3 cm³/mol. The molecule has 0 saturated carbocycles. The van der Waals surface area contributed by atoms with Crippen LogP contribution in [0.25, 0.3) is 0 Å². The lowest BCUT2D eigenvalue weighted by Crippen LogP contribution is -2.13. The Morgan fingerprint density at radius 2 is 2.47 bits per heavy atom. The summed E-state index contributed by atoms with van der Waals surface area (Å²) < 4.78 is 5.12. The second-order valence-corrected chi connectivity index (χ2v) is 3.80. The Labute approximate surface area is 98.6 Å². The summed E-state index contributed by atoms with van der Waals surface area (Å²) in [7, 11) is 1.60. The zero-order valence-electron chi connectivity index (χ0n) is 9.42. The standard InChI is InChI=1S/C12H13NO4/c1-16-9-4-2-3-8(5-9)11-6-10(17-13-11)7-12(14)15/h2-5,10H,6-7H2,1H3,(H,14,15). The summed E-state index contributed by atoms with van der Waals surface area (Å²) in [5, 5.41) is 12.6. The van der Waals surface area contributed by atoms with Gasteiger partial charge in [0.15, 0.2) is 0 Å². The fraction of sp³-hybridized carbons (Fsp3) is 0.333. The number of carboxylic acid groups (broad SMARTS) is 1. The number of nitrogens with zero attached hydrogens (tertiary/aromatic N) is 1. The van der Waals surface area contributed by atoms with E-state index in [2.05, 4.69) is 5.16 Å². The van der Waals surface area contributed by atoms with Gasteiger partial charge in [0.25, 0.3) is 0 Å². The van der Waals surface area contributed by atoms with E-state index in [1.54, 1.807) is 7.11 Å². The van der Waals surface area contributed by atoms with E-state index in [1.807, 2.05) is 24.3 Å². The third kappa shape index (κ3) is 2.75. The normalized spacial score (nSPS) is 18.4. The quantitative estimate of drug-likeness (QED) is 0.861. The highest BCUT2D eigenvalue weighted by molar-refractivity contribution is 6.01. The number of carbonyl (C=O) groups is 1. The number of benzene rings is 1. The predicted octanol–water partition coefficient (Wildman–Crippen LogP) is 1.66. The van der Waals surface area contributed by atoms with Crippen molar-refractivity contribution in [2.75, 3.05) is 7.11 Å². The first-order valence-electron chi connectivity index (χ1n) is 5.28. The molecule has 0 aromatic heterocycles. The molecule has 1 aliphatic rings. The fourth-order valence-corrected chi connectivity index (χ4v) is 1.71. The Morgan fingerprint density at radius 3 is 3.18 bits per heavy atom. The third-order valence-corrected chi connectivity index (χ3v) is 2.54. The Morgan fingerprint density at radius 1 is 1.65 bits per heavy atom. The van der Waals surface area contributed by atoms with Gasteiger partial charge in [-0.15, -0.1) is 0 Å². The van der Waals surface area contributed by atoms with Crippen molar-refractivity contribution >= 4 is 11.7 Å². The first kappa shape index (κ1) is 11.4. The molecule has 5 nitrogen and oxygen atoms in total. The molecule has 0 spiro atoms. The van der Waals surface area contributed by atoms with Crippen LogP contribution in [0, 0.1) is 0 Å². The van der Waals surface area contributed by atoms with Crippen molar-refractivity contribution in [2.45, 2.75) is 18.9 Å². The molecule has 2 rings (SSSR count). The van der Waals surface area contributed by atoms with Crippen LogP contribution in [-0.4, -0.2) is 30.0 Å². The Balaban J connectivity index is 2.06. The number of oxime groups is 1. The van der Waals surface area contributed by atoms with Gasteiger partial charge in [0.05, 0.1) is 19.2 Å². The summed E-state index contributed by atoms with van der Waals surface area (Å²) >= 11 is 0. The lowest BCUT2D eigenvalue weighted by molar-refractivity contribution is -0.139. The largest absolute Gasteiger partial charge is 0.497 e. The first-order chi connectivity index (χ1) is 8.19. The van der Waals surface area contributed by atoms with Crippen LogP contribution in [0.5, 0.6) is 5.75 Å². The summed E-state index contributed by atoms with van der Waals surface area (Å²) in [6.45, 7) is 0. The number of hydrogen-bond acceptors (Lipinski definition) is 4. The van der Waals surface area contributed by atoms with Gasteiger partial charge < -0.3 is 14.7 Å². The van der Waals surface area contributed by atoms with Gasteiger partial charge in [-0.3, -0.25) is 4.79 Å². The van der Waals surface area contributed by atoms with E-state index in [-0.39, 0.29) is 12.5 Å². The molecule has 90 valence electrons. The van der Waals surface area contributed by atoms with Gasteiger partial charge in [-0.05, 0) is 12.1 Å². The van der Waals surface area contributed by atoms with E-state index in [0.717, 1.165) is 17.0 Å². The van der Waals surface area contributed by atoms with Crippen molar-refractivity contribution in [2.24, 2.45) is 5.16 Å². The van der Waals surface area contributed by atoms with Crippen molar-refractivity contribution in [3.63, 3.8) is 0 Å². The molecule has 0 aliphatic carbocycles. The van der Waals surface area contributed by atoms with Crippen LogP contribution in [0.2, 0.25) is 0 Å². The number of hydrogen-bond donors (Lipinski definition) is 1. The van der Waals surface area contributed by atoms with Gasteiger partial charge in [-0.1, -0.05) is 17.3 Å². The molecule has 1 heterocycles. The summed E-state index contributed by atoms with van der Waals surface area (Å²) in [6.07, 6.45) is 0.116. The van der Waals surface area contributed by atoms with Crippen LogP contribution in [0.15, 0.2) is 29.4 Å². The summed E-state index contributed by atoms with van der Waals surface area (Å²) in [5.41, 5.74) is 1.66. The zero-order valence-corrected chi connectivity index (χ0v) is 9.42. The van der Waals surface area contributed by atoms with Gasteiger partial charge in [-0.2, -0.15) is 0 Å². The fourth-order valence-electron chi connectivity index (χ4n) is 1.71. The van der Waals surface area contributed by atoms with E-state index in [9.17, 15) is 4.79 Å². The molecule has 1 aromatic carbocycles. The molecule has 1 unspecified atom stereocenters. The first-order valence-corrected chi connectivity index (χ1v) is 5.28. The van der Waals surface area contributed by atoms with Crippen molar-refractivity contribution in [1.82, 2.24) is 0 Å². The molecular weight excluding hydrogens is 222 g/mol. The summed E-state index contributed by atoms with van der Waals surface area (Å²) in [6, 6.07) is 7.45. The van der Waals surface area contributed by atoms with E-state index in [0.29, 0.717) is 6.42 Å². The van der Waals surface area contributed by atoms with Gasteiger partial charge in [0.1, 0.15) is 11.9 Å². The number of rotatable bonds is 4. The molecule has 1 N–H and O–H groups in total. The molecule has 0 fully saturated rings. The number of aliphatic carboxylic acids is 1. The maximum Gasteiger partial charge on any atom is 0.307 e. The average molecular weight is 235 g/mol. The zero-order chi connectivity index (χ0) is 12.3. The molecule has 0 bridgehead atoms. The van der Waals surface area contributed by atoms with Crippen molar-refractivity contribution < 1.29 is 19.5 Å². The molecule has 1 aromatic rings. The van der Waals surface area contributed by atoms with Gasteiger partial charge >= 0.3 is 5.97 Å². The Bertz CT molecular complexity index is 456. The van der Waals surface area contributed by atoms with E-state index in [4.69, 9.17) is 14.7 Å².